The van der Waals surface area contributed by atoms with Gasteiger partial charge in [0.25, 0.3) is 0 Å². The summed E-state index contributed by atoms with van der Waals surface area (Å²) in [4.78, 5) is 0. The number of aliphatic hydroxyl groups excluding tert-OH is 1. The minimum Gasteiger partial charge on any atom is -0.493 e. The van der Waals surface area contributed by atoms with Crippen molar-refractivity contribution in [1.29, 1.82) is 0 Å². The zero-order chi connectivity index (χ0) is 14.4. The van der Waals surface area contributed by atoms with Crippen LogP contribution in [0.1, 0.15) is 38.0 Å². The number of halogens is 1. The van der Waals surface area contributed by atoms with Gasteiger partial charge in [-0.25, -0.2) is 0 Å². The van der Waals surface area contributed by atoms with Crippen molar-refractivity contribution in [1.82, 2.24) is 0 Å². The van der Waals surface area contributed by atoms with Crippen molar-refractivity contribution in [3.8, 4) is 5.75 Å². The van der Waals surface area contributed by atoms with E-state index in [-0.39, 0.29) is 18.1 Å². The van der Waals surface area contributed by atoms with Gasteiger partial charge in [0.05, 0.1) is 24.9 Å². The van der Waals surface area contributed by atoms with Gasteiger partial charge in [-0.3, -0.25) is 0 Å². The minimum atomic E-state index is -0.601. The first-order chi connectivity index (χ1) is 9.49. The molecule has 1 N–H and O–H groups in total. The van der Waals surface area contributed by atoms with Gasteiger partial charge >= 0.3 is 0 Å². The third-order valence-corrected chi connectivity index (χ3v) is 5.00. The summed E-state index contributed by atoms with van der Waals surface area (Å²) in [5.74, 6) is 1.19. The molecule has 2 aliphatic heterocycles. The highest BCUT2D eigenvalue weighted by Crippen LogP contribution is 2.45. The molecule has 1 aromatic rings. The molecule has 0 amide bonds. The van der Waals surface area contributed by atoms with E-state index in [1.165, 1.54) is 0 Å². The summed E-state index contributed by atoms with van der Waals surface area (Å²) in [6.07, 6.45) is 0.456. The maximum Gasteiger partial charge on any atom is 0.128 e. The molecular weight excluding hydrogens is 276 g/mol. The average molecular weight is 297 g/mol. The van der Waals surface area contributed by atoms with Crippen LogP contribution in [0.5, 0.6) is 5.75 Å². The van der Waals surface area contributed by atoms with Gasteiger partial charge in [0.1, 0.15) is 5.75 Å². The van der Waals surface area contributed by atoms with E-state index in [9.17, 15) is 5.11 Å². The molecule has 20 heavy (non-hydrogen) atoms. The van der Waals surface area contributed by atoms with Crippen molar-refractivity contribution in [2.45, 2.75) is 45.5 Å². The van der Waals surface area contributed by atoms with E-state index in [1.54, 1.807) is 0 Å². The van der Waals surface area contributed by atoms with Crippen molar-refractivity contribution in [2.75, 3.05) is 6.61 Å². The van der Waals surface area contributed by atoms with Crippen molar-refractivity contribution >= 4 is 11.6 Å². The molecular formula is C16H21ClO3. The third-order valence-electron chi connectivity index (χ3n) is 4.78. The Kier molecular flexibility index (Phi) is 3.69. The molecule has 0 saturated carbocycles. The number of aliphatic hydroxyl groups is 1. The second kappa shape index (κ2) is 5.21. The molecule has 2 heterocycles. The highest BCUT2D eigenvalue weighted by molar-refractivity contribution is 6.30. The Hall–Kier alpha value is -0.770. The van der Waals surface area contributed by atoms with E-state index in [0.717, 1.165) is 23.3 Å². The number of fused-ring (bicyclic) bond motifs is 1. The largest absolute Gasteiger partial charge is 0.493 e. The van der Waals surface area contributed by atoms with Crippen molar-refractivity contribution in [3.05, 3.63) is 28.3 Å². The van der Waals surface area contributed by atoms with Crippen LogP contribution in [0.4, 0.5) is 0 Å². The minimum absolute atomic E-state index is 0.0334. The van der Waals surface area contributed by atoms with Gasteiger partial charge in [-0.1, -0.05) is 18.5 Å². The monoisotopic (exact) mass is 296 g/mol. The fourth-order valence-electron chi connectivity index (χ4n) is 3.56. The van der Waals surface area contributed by atoms with Crippen LogP contribution in [-0.2, 0) is 11.2 Å². The van der Waals surface area contributed by atoms with Crippen LogP contribution >= 0.6 is 11.6 Å². The molecule has 1 aromatic carbocycles. The molecule has 1 saturated heterocycles. The summed E-state index contributed by atoms with van der Waals surface area (Å²) >= 11 is 6.18. The normalized spacial score (nSPS) is 33.9. The van der Waals surface area contributed by atoms with Crippen LogP contribution in [0.15, 0.2) is 12.1 Å². The Morgan fingerprint density at radius 3 is 2.65 bits per heavy atom. The Balaban J connectivity index is 1.97. The predicted molar refractivity (Wildman–Crippen MR) is 78.3 cm³/mol. The molecule has 0 radical (unpaired) electrons. The first-order valence-electron chi connectivity index (χ1n) is 7.27. The van der Waals surface area contributed by atoms with Crippen LogP contribution in [0.3, 0.4) is 0 Å². The van der Waals surface area contributed by atoms with Crippen LogP contribution in [0.25, 0.3) is 0 Å². The Labute approximate surface area is 124 Å². The predicted octanol–water partition coefficient (Wildman–Crippen LogP) is 3.37. The number of benzene rings is 1. The number of hydrogen-bond acceptors (Lipinski definition) is 3. The third kappa shape index (κ3) is 2.22. The SMILES string of the molecule is CC1OC(C)C(C(O)c2cc(Cl)cc3c2OCC3)C1C. The van der Waals surface area contributed by atoms with Crippen molar-refractivity contribution < 1.29 is 14.6 Å². The fraction of sp³-hybridized carbons (Fsp3) is 0.625. The van der Waals surface area contributed by atoms with Crippen LogP contribution in [0, 0.1) is 11.8 Å². The molecule has 0 spiro atoms. The maximum atomic E-state index is 10.8. The van der Waals surface area contributed by atoms with Crippen LogP contribution in [-0.4, -0.2) is 23.9 Å². The van der Waals surface area contributed by atoms with E-state index < -0.39 is 6.10 Å². The summed E-state index contributed by atoms with van der Waals surface area (Å²) in [7, 11) is 0. The lowest BCUT2D eigenvalue weighted by Crippen LogP contribution is -2.25. The van der Waals surface area contributed by atoms with E-state index in [0.29, 0.717) is 17.5 Å². The van der Waals surface area contributed by atoms with E-state index in [2.05, 4.69) is 13.8 Å². The molecule has 110 valence electrons. The zero-order valence-corrected chi connectivity index (χ0v) is 12.9. The second-order valence-electron chi connectivity index (χ2n) is 6.01. The number of rotatable bonds is 2. The van der Waals surface area contributed by atoms with Gasteiger partial charge < -0.3 is 14.6 Å². The fourth-order valence-corrected chi connectivity index (χ4v) is 3.81. The summed E-state index contributed by atoms with van der Waals surface area (Å²) in [5, 5.41) is 11.5. The maximum absolute atomic E-state index is 10.8. The molecule has 0 bridgehead atoms. The summed E-state index contributed by atoms with van der Waals surface area (Å²) in [6.45, 7) is 6.89. The van der Waals surface area contributed by atoms with Crippen LogP contribution in [0.2, 0.25) is 5.02 Å². The second-order valence-corrected chi connectivity index (χ2v) is 6.45. The van der Waals surface area contributed by atoms with Crippen molar-refractivity contribution in [2.24, 2.45) is 11.8 Å². The lowest BCUT2D eigenvalue weighted by Gasteiger charge is -2.26. The van der Waals surface area contributed by atoms with Crippen molar-refractivity contribution in [3.63, 3.8) is 0 Å². The average Bonchev–Trinajstić information content (AvgIpc) is 2.93. The molecule has 3 nitrogen and oxygen atoms in total. The number of ether oxygens (including phenoxy) is 2. The Morgan fingerprint density at radius 2 is 2.00 bits per heavy atom. The first kappa shape index (κ1) is 14.2. The van der Waals surface area contributed by atoms with Gasteiger partial charge in [-0.05, 0) is 37.5 Å². The first-order valence-corrected chi connectivity index (χ1v) is 7.65. The zero-order valence-electron chi connectivity index (χ0n) is 12.1. The summed E-state index contributed by atoms with van der Waals surface area (Å²) in [6, 6.07) is 3.76. The topological polar surface area (TPSA) is 38.7 Å². The van der Waals surface area contributed by atoms with Gasteiger partial charge in [0, 0.05) is 22.9 Å². The van der Waals surface area contributed by atoms with Crippen LogP contribution < -0.4 is 4.74 Å². The Bertz CT molecular complexity index is 517. The molecule has 0 aromatic heterocycles. The van der Waals surface area contributed by atoms with E-state index in [4.69, 9.17) is 21.1 Å². The highest BCUT2D eigenvalue weighted by Gasteiger charge is 2.43. The summed E-state index contributed by atoms with van der Waals surface area (Å²) < 4.78 is 11.5. The van der Waals surface area contributed by atoms with E-state index in [1.807, 2.05) is 19.1 Å². The highest BCUT2D eigenvalue weighted by atomic mass is 35.5. The quantitative estimate of drug-likeness (QED) is 0.909. The summed E-state index contributed by atoms with van der Waals surface area (Å²) in [5.41, 5.74) is 1.91. The van der Waals surface area contributed by atoms with Gasteiger partial charge in [-0.15, -0.1) is 0 Å². The van der Waals surface area contributed by atoms with Gasteiger partial charge in [0.15, 0.2) is 0 Å². The smallest absolute Gasteiger partial charge is 0.128 e. The molecule has 5 atom stereocenters. The Morgan fingerprint density at radius 1 is 1.25 bits per heavy atom. The number of hydrogen-bond donors (Lipinski definition) is 1. The molecule has 5 unspecified atom stereocenters. The molecule has 3 rings (SSSR count). The van der Waals surface area contributed by atoms with Gasteiger partial charge in [0.2, 0.25) is 0 Å². The lowest BCUT2D eigenvalue weighted by molar-refractivity contribution is 0.0224. The standard InChI is InChI=1S/C16H21ClO3/c1-8-9(2)20-10(3)14(8)15(18)13-7-12(17)6-11-4-5-19-16(11)13/h6-10,14-15,18H,4-5H2,1-3H3. The molecule has 4 heteroatoms. The molecule has 0 aliphatic carbocycles. The molecule has 1 fully saturated rings. The van der Waals surface area contributed by atoms with Gasteiger partial charge in [-0.2, -0.15) is 0 Å². The lowest BCUT2D eigenvalue weighted by atomic mass is 9.81. The van der Waals surface area contributed by atoms with E-state index >= 15 is 0 Å². The molecule has 2 aliphatic rings.